The number of esters is 2. The predicted octanol–water partition coefficient (Wildman–Crippen LogP) is 5.81. The van der Waals surface area contributed by atoms with Crippen LogP contribution in [0.5, 0.6) is 0 Å². The van der Waals surface area contributed by atoms with E-state index in [-0.39, 0.29) is 19.0 Å². The van der Waals surface area contributed by atoms with Crippen molar-refractivity contribution in [3.8, 4) is 0 Å². The van der Waals surface area contributed by atoms with Crippen molar-refractivity contribution in [3.05, 3.63) is 93.5 Å². The van der Waals surface area contributed by atoms with Gasteiger partial charge in [-0.15, -0.1) is 0 Å². The molecule has 0 aliphatic carbocycles. The summed E-state index contributed by atoms with van der Waals surface area (Å²) in [5.41, 5.74) is 3.25. The van der Waals surface area contributed by atoms with Gasteiger partial charge in [-0.3, -0.25) is 4.79 Å². The fourth-order valence-corrected chi connectivity index (χ4v) is 3.27. The van der Waals surface area contributed by atoms with Gasteiger partial charge in [-0.1, -0.05) is 59.6 Å². The Kier molecular flexibility index (Phi) is 7.33. The molecule has 154 valence electrons. The summed E-state index contributed by atoms with van der Waals surface area (Å²) in [4.78, 5) is 23.8. The van der Waals surface area contributed by atoms with E-state index in [1.165, 1.54) is 7.11 Å². The highest BCUT2D eigenvalue weighted by Gasteiger charge is 2.12. The van der Waals surface area contributed by atoms with Gasteiger partial charge < -0.3 is 14.8 Å². The van der Waals surface area contributed by atoms with Gasteiger partial charge in [0, 0.05) is 5.69 Å². The standard InChI is InChI=1S/C23H19Cl2NO4/c1-29-23(28)16-11-9-15(10-12-16)14-30-21(27)13-17-5-2-3-8-20(17)26-22-18(24)6-4-7-19(22)25/h2-12,26H,13-14H2,1H3. The zero-order valence-corrected chi connectivity index (χ0v) is 17.7. The molecule has 7 heteroatoms. The van der Waals surface area contributed by atoms with Crippen LogP contribution in [0.2, 0.25) is 10.0 Å². The van der Waals surface area contributed by atoms with Crippen LogP contribution in [0.15, 0.2) is 66.7 Å². The lowest BCUT2D eigenvalue weighted by atomic mass is 10.1. The number of benzene rings is 3. The van der Waals surface area contributed by atoms with Crippen molar-refractivity contribution in [1.82, 2.24) is 0 Å². The van der Waals surface area contributed by atoms with E-state index < -0.39 is 5.97 Å². The minimum atomic E-state index is -0.415. The summed E-state index contributed by atoms with van der Waals surface area (Å²) >= 11 is 12.5. The van der Waals surface area contributed by atoms with Crippen LogP contribution in [0, 0.1) is 0 Å². The minimum absolute atomic E-state index is 0.0749. The van der Waals surface area contributed by atoms with E-state index >= 15 is 0 Å². The van der Waals surface area contributed by atoms with E-state index in [9.17, 15) is 9.59 Å². The maximum atomic E-state index is 12.4. The molecule has 0 bridgehead atoms. The summed E-state index contributed by atoms with van der Waals surface area (Å²) in [6.07, 6.45) is 0.0749. The second-order valence-corrected chi connectivity index (χ2v) is 7.22. The number of hydrogen-bond donors (Lipinski definition) is 1. The second-order valence-electron chi connectivity index (χ2n) is 6.40. The Morgan fingerprint density at radius 3 is 2.23 bits per heavy atom. The van der Waals surface area contributed by atoms with Gasteiger partial charge in [0.1, 0.15) is 6.61 Å². The number of ether oxygens (including phenoxy) is 2. The molecule has 0 radical (unpaired) electrons. The van der Waals surface area contributed by atoms with Gasteiger partial charge in [-0.2, -0.15) is 0 Å². The summed E-state index contributed by atoms with van der Waals surface area (Å²) in [6, 6.07) is 19.3. The second kappa shape index (κ2) is 10.1. The molecular weight excluding hydrogens is 425 g/mol. The minimum Gasteiger partial charge on any atom is -0.465 e. The molecule has 0 unspecified atom stereocenters. The van der Waals surface area contributed by atoms with Crippen molar-refractivity contribution in [1.29, 1.82) is 0 Å². The molecule has 0 atom stereocenters. The molecule has 0 spiro atoms. The zero-order valence-electron chi connectivity index (χ0n) is 16.2. The first-order valence-electron chi connectivity index (χ1n) is 9.09. The molecule has 0 heterocycles. The maximum absolute atomic E-state index is 12.4. The molecule has 3 aromatic carbocycles. The normalized spacial score (nSPS) is 10.4. The summed E-state index contributed by atoms with van der Waals surface area (Å²) < 4.78 is 10.0. The van der Waals surface area contributed by atoms with Crippen LogP contribution < -0.4 is 5.32 Å². The molecule has 0 amide bonds. The van der Waals surface area contributed by atoms with Crippen LogP contribution in [-0.4, -0.2) is 19.0 Å². The van der Waals surface area contributed by atoms with Crippen LogP contribution in [0.1, 0.15) is 21.5 Å². The topological polar surface area (TPSA) is 64.6 Å². The molecule has 3 aromatic rings. The lowest BCUT2D eigenvalue weighted by molar-refractivity contribution is -0.144. The van der Waals surface area contributed by atoms with Gasteiger partial charge in [0.15, 0.2) is 0 Å². The first kappa shape index (κ1) is 21.7. The van der Waals surface area contributed by atoms with Gasteiger partial charge in [-0.05, 0) is 41.5 Å². The quantitative estimate of drug-likeness (QED) is 0.466. The Bertz CT molecular complexity index is 1030. The van der Waals surface area contributed by atoms with Crippen LogP contribution in [-0.2, 0) is 27.3 Å². The number of carbonyl (C=O) groups is 2. The monoisotopic (exact) mass is 443 g/mol. The molecule has 0 aliphatic heterocycles. The van der Waals surface area contributed by atoms with Crippen molar-refractivity contribution in [2.45, 2.75) is 13.0 Å². The largest absolute Gasteiger partial charge is 0.465 e. The lowest BCUT2D eigenvalue weighted by Crippen LogP contribution is -2.10. The summed E-state index contributed by atoms with van der Waals surface area (Å²) in [7, 11) is 1.32. The van der Waals surface area contributed by atoms with Gasteiger partial charge in [0.2, 0.25) is 0 Å². The number of methoxy groups -OCH3 is 1. The Morgan fingerprint density at radius 2 is 1.57 bits per heavy atom. The van der Waals surface area contributed by atoms with Crippen LogP contribution in [0.4, 0.5) is 11.4 Å². The van der Waals surface area contributed by atoms with Crippen molar-refractivity contribution >= 4 is 46.5 Å². The molecule has 0 saturated carbocycles. The Labute approximate surface area is 184 Å². The number of rotatable bonds is 7. The SMILES string of the molecule is COC(=O)c1ccc(COC(=O)Cc2ccccc2Nc2c(Cl)cccc2Cl)cc1. The molecule has 0 saturated heterocycles. The fraction of sp³-hybridized carbons (Fsp3) is 0.130. The highest BCUT2D eigenvalue weighted by Crippen LogP contribution is 2.33. The first-order chi connectivity index (χ1) is 14.5. The number of anilines is 2. The first-order valence-corrected chi connectivity index (χ1v) is 9.85. The van der Waals surface area contributed by atoms with Gasteiger partial charge in [0.05, 0.1) is 34.8 Å². The molecule has 0 aliphatic rings. The van der Waals surface area contributed by atoms with Crippen molar-refractivity contribution in [2.75, 3.05) is 12.4 Å². The Morgan fingerprint density at radius 1 is 0.900 bits per heavy atom. The fourth-order valence-electron chi connectivity index (χ4n) is 2.77. The van der Waals surface area contributed by atoms with E-state index in [1.807, 2.05) is 24.3 Å². The molecular formula is C23H19Cl2NO4. The van der Waals surface area contributed by atoms with Crippen molar-refractivity contribution < 1.29 is 19.1 Å². The molecule has 30 heavy (non-hydrogen) atoms. The molecule has 5 nitrogen and oxygen atoms in total. The van der Waals surface area contributed by atoms with Gasteiger partial charge in [0.25, 0.3) is 0 Å². The van der Waals surface area contributed by atoms with Crippen LogP contribution >= 0.6 is 23.2 Å². The lowest BCUT2D eigenvalue weighted by Gasteiger charge is -2.14. The third-order valence-electron chi connectivity index (χ3n) is 4.35. The highest BCUT2D eigenvalue weighted by atomic mass is 35.5. The summed E-state index contributed by atoms with van der Waals surface area (Å²) in [6.45, 7) is 0.103. The molecule has 0 aromatic heterocycles. The van der Waals surface area contributed by atoms with E-state index in [2.05, 4.69) is 10.1 Å². The van der Waals surface area contributed by atoms with Crippen molar-refractivity contribution in [3.63, 3.8) is 0 Å². The molecule has 0 fully saturated rings. The average Bonchev–Trinajstić information content (AvgIpc) is 2.76. The number of nitrogens with one attached hydrogen (secondary N) is 1. The van der Waals surface area contributed by atoms with E-state index in [1.54, 1.807) is 42.5 Å². The van der Waals surface area contributed by atoms with Crippen LogP contribution in [0.3, 0.4) is 0 Å². The number of para-hydroxylation sites is 2. The third kappa shape index (κ3) is 5.53. The van der Waals surface area contributed by atoms with Gasteiger partial charge in [-0.25, -0.2) is 4.79 Å². The highest BCUT2D eigenvalue weighted by molar-refractivity contribution is 6.39. The van der Waals surface area contributed by atoms with E-state index in [0.29, 0.717) is 27.0 Å². The summed E-state index contributed by atoms with van der Waals surface area (Å²) in [5, 5.41) is 4.16. The third-order valence-corrected chi connectivity index (χ3v) is 4.98. The smallest absolute Gasteiger partial charge is 0.337 e. The van der Waals surface area contributed by atoms with E-state index in [4.69, 9.17) is 27.9 Å². The number of hydrogen-bond acceptors (Lipinski definition) is 5. The van der Waals surface area contributed by atoms with E-state index in [0.717, 1.165) is 11.1 Å². The maximum Gasteiger partial charge on any atom is 0.337 e. The Hall–Kier alpha value is -3.02. The van der Waals surface area contributed by atoms with Crippen molar-refractivity contribution in [2.24, 2.45) is 0 Å². The molecule has 1 N–H and O–H groups in total. The zero-order chi connectivity index (χ0) is 21.5. The average molecular weight is 444 g/mol. The molecule has 3 rings (SSSR count). The van der Waals surface area contributed by atoms with Crippen LogP contribution in [0.25, 0.3) is 0 Å². The van der Waals surface area contributed by atoms with Gasteiger partial charge >= 0.3 is 11.9 Å². The Balaban J connectivity index is 1.64. The number of halogens is 2. The number of carbonyl (C=O) groups excluding carboxylic acids is 2. The predicted molar refractivity (Wildman–Crippen MR) is 117 cm³/mol. The summed E-state index contributed by atoms with van der Waals surface area (Å²) in [5.74, 6) is -0.798.